The number of nitrogens with zero attached hydrogens (tertiary/aromatic N) is 1. The van der Waals surface area contributed by atoms with Crippen molar-refractivity contribution >= 4 is 5.91 Å². The topological polar surface area (TPSA) is 55.1 Å². The van der Waals surface area contributed by atoms with Crippen LogP contribution in [0.4, 0.5) is 4.39 Å². The molecule has 0 atom stereocenters. The number of benzene rings is 1. The average molecular weight is 248 g/mol. The maximum atomic E-state index is 12.9. The van der Waals surface area contributed by atoms with Crippen LogP contribution < -0.4 is 5.32 Å². The second-order valence-electron chi connectivity index (χ2n) is 3.91. The third-order valence-electron chi connectivity index (χ3n) is 2.40. The van der Waals surface area contributed by atoms with Gasteiger partial charge in [-0.3, -0.25) is 4.79 Å². The van der Waals surface area contributed by atoms with Crippen LogP contribution in [0.2, 0.25) is 0 Å². The highest BCUT2D eigenvalue weighted by molar-refractivity contribution is 5.89. The van der Waals surface area contributed by atoms with Crippen molar-refractivity contribution in [3.8, 4) is 0 Å². The van der Waals surface area contributed by atoms with Crippen molar-refractivity contribution in [1.29, 1.82) is 0 Å². The lowest BCUT2D eigenvalue weighted by Crippen LogP contribution is -2.25. The second-order valence-corrected chi connectivity index (χ2v) is 3.91. The van der Waals surface area contributed by atoms with Crippen LogP contribution in [0.3, 0.4) is 0 Å². The van der Waals surface area contributed by atoms with Gasteiger partial charge in [0.2, 0.25) is 0 Å². The Kier molecular flexibility index (Phi) is 3.72. The van der Waals surface area contributed by atoms with E-state index in [1.165, 1.54) is 18.3 Å². The number of aromatic nitrogens is 1. The molecule has 5 heteroatoms. The highest BCUT2D eigenvalue weighted by Crippen LogP contribution is 2.04. The number of carbonyl (C=O) groups excluding carboxylic acids is 1. The Morgan fingerprint density at radius 1 is 1.50 bits per heavy atom. The van der Waals surface area contributed by atoms with Gasteiger partial charge in [-0.2, -0.15) is 0 Å². The van der Waals surface area contributed by atoms with Gasteiger partial charge in [-0.1, -0.05) is 12.1 Å². The fraction of sp³-hybridized carbons (Fsp3) is 0.231. The molecule has 0 bridgehead atoms. The Morgan fingerprint density at radius 2 is 2.33 bits per heavy atom. The second kappa shape index (κ2) is 5.44. The first kappa shape index (κ1) is 12.3. The molecule has 0 saturated carbocycles. The van der Waals surface area contributed by atoms with Gasteiger partial charge in [0.05, 0.1) is 6.20 Å². The van der Waals surface area contributed by atoms with E-state index in [0.29, 0.717) is 18.7 Å². The van der Waals surface area contributed by atoms with E-state index in [-0.39, 0.29) is 17.6 Å². The van der Waals surface area contributed by atoms with Crippen molar-refractivity contribution in [2.24, 2.45) is 0 Å². The van der Waals surface area contributed by atoms with Gasteiger partial charge in [0.1, 0.15) is 11.6 Å². The molecule has 18 heavy (non-hydrogen) atoms. The fourth-order valence-corrected chi connectivity index (χ4v) is 1.55. The first-order valence-corrected chi connectivity index (χ1v) is 5.60. The molecule has 2 aromatic rings. The number of aryl methyl sites for hydroxylation is 1. The number of carbonyl (C=O) groups is 1. The smallest absolute Gasteiger partial charge is 0.307 e. The zero-order valence-electron chi connectivity index (χ0n) is 9.94. The van der Waals surface area contributed by atoms with Crippen LogP contribution >= 0.6 is 0 Å². The molecule has 0 aliphatic rings. The van der Waals surface area contributed by atoms with Crippen molar-refractivity contribution in [3.05, 3.63) is 53.5 Å². The van der Waals surface area contributed by atoms with E-state index in [4.69, 9.17) is 4.42 Å². The van der Waals surface area contributed by atoms with Gasteiger partial charge in [-0.15, -0.1) is 0 Å². The van der Waals surface area contributed by atoms with E-state index in [2.05, 4.69) is 10.3 Å². The van der Waals surface area contributed by atoms with Crippen molar-refractivity contribution in [2.45, 2.75) is 13.3 Å². The molecule has 0 aliphatic heterocycles. The van der Waals surface area contributed by atoms with Crippen molar-refractivity contribution in [1.82, 2.24) is 10.3 Å². The number of oxazole rings is 1. The minimum Gasteiger partial charge on any atom is -0.438 e. The van der Waals surface area contributed by atoms with Gasteiger partial charge in [0.25, 0.3) is 5.89 Å². The first-order chi connectivity index (χ1) is 8.65. The van der Waals surface area contributed by atoms with Crippen LogP contribution in [-0.2, 0) is 6.42 Å². The average Bonchev–Trinajstić information content (AvgIpc) is 2.76. The molecule has 0 aliphatic carbocycles. The van der Waals surface area contributed by atoms with Gasteiger partial charge in [-0.25, -0.2) is 9.37 Å². The summed E-state index contributed by atoms with van der Waals surface area (Å²) in [6.07, 6.45) is 2.05. The molecule has 0 radical (unpaired) electrons. The van der Waals surface area contributed by atoms with Gasteiger partial charge >= 0.3 is 5.91 Å². The lowest BCUT2D eigenvalue weighted by Gasteiger charge is -2.03. The Balaban J connectivity index is 1.84. The Hall–Kier alpha value is -2.17. The molecule has 4 nitrogen and oxygen atoms in total. The molecular weight excluding hydrogens is 235 g/mol. The summed E-state index contributed by atoms with van der Waals surface area (Å²) in [5, 5.41) is 2.66. The van der Waals surface area contributed by atoms with E-state index in [9.17, 15) is 9.18 Å². The number of amides is 1. The fourth-order valence-electron chi connectivity index (χ4n) is 1.55. The molecule has 1 aromatic heterocycles. The van der Waals surface area contributed by atoms with Crippen molar-refractivity contribution in [2.75, 3.05) is 6.54 Å². The van der Waals surface area contributed by atoms with E-state index >= 15 is 0 Å². The third kappa shape index (κ3) is 3.16. The summed E-state index contributed by atoms with van der Waals surface area (Å²) in [4.78, 5) is 15.4. The Labute approximate surface area is 104 Å². The molecule has 1 aromatic carbocycles. The summed E-state index contributed by atoms with van der Waals surface area (Å²) in [5.74, 6) is -0.00122. The Bertz CT molecular complexity index is 551. The molecule has 0 unspecified atom stereocenters. The van der Waals surface area contributed by atoms with Crippen LogP contribution in [0.5, 0.6) is 0 Å². The predicted octanol–water partition coefficient (Wildman–Crippen LogP) is 2.09. The summed E-state index contributed by atoms with van der Waals surface area (Å²) >= 11 is 0. The SMILES string of the molecule is Cc1cnc(C(=O)NCCc2cccc(F)c2)o1. The summed E-state index contributed by atoms with van der Waals surface area (Å²) in [5.41, 5.74) is 0.832. The van der Waals surface area contributed by atoms with Crippen LogP contribution in [-0.4, -0.2) is 17.4 Å². The van der Waals surface area contributed by atoms with E-state index in [0.717, 1.165) is 5.56 Å². The maximum Gasteiger partial charge on any atom is 0.307 e. The maximum absolute atomic E-state index is 12.9. The van der Waals surface area contributed by atoms with Crippen molar-refractivity contribution in [3.63, 3.8) is 0 Å². The summed E-state index contributed by atoms with van der Waals surface area (Å²) < 4.78 is 18.0. The number of hydrogen-bond donors (Lipinski definition) is 1. The first-order valence-electron chi connectivity index (χ1n) is 5.60. The van der Waals surface area contributed by atoms with E-state index in [1.807, 2.05) is 6.07 Å². The highest BCUT2D eigenvalue weighted by atomic mass is 19.1. The molecule has 0 spiro atoms. The molecule has 1 amide bonds. The number of nitrogens with one attached hydrogen (secondary N) is 1. The Morgan fingerprint density at radius 3 is 3.00 bits per heavy atom. The molecule has 1 N–H and O–H groups in total. The van der Waals surface area contributed by atoms with Crippen LogP contribution in [0.1, 0.15) is 22.0 Å². The van der Waals surface area contributed by atoms with Gasteiger partial charge in [-0.05, 0) is 31.0 Å². The van der Waals surface area contributed by atoms with Crippen LogP contribution in [0, 0.1) is 12.7 Å². The number of halogens is 1. The largest absolute Gasteiger partial charge is 0.438 e. The van der Waals surface area contributed by atoms with Crippen LogP contribution in [0.15, 0.2) is 34.9 Å². The molecule has 94 valence electrons. The summed E-state index contributed by atoms with van der Waals surface area (Å²) in [6, 6.07) is 6.29. The van der Waals surface area contributed by atoms with E-state index < -0.39 is 0 Å². The van der Waals surface area contributed by atoms with Gasteiger partial charge in [0, 0.05) is 6.54 Å². The predicted molar refractivity (Wildman–Crippen MR) is 63.7 cm³/mol. The number of hydrogen-bond acceptors (Lipinski definition) is 3. The standard InChI is InChI=1S/C13H13FN2O2/c1-9-8-16-13(18-9)12(17)15-6-5-10-3-2-4-11(14)7-10/h2-4,7-8H,5-6H2,1H3,(H,15,17). The molecule has 1 heterocycles. The zero-order valence-corrected chi connectivity index (χ0v) is 9.94. The zero-order chi connectivity index (χ0) is 13.0. The normalized spacial score (nSPS) is 10.3. The summed E-state index contributed by atoms with van der Waals surface area (Å²) in [7, 11) is 0. The lowest BCUT2D eigenvalue weighted by molar-refractivity contribution is 0.0918. The molecular formula is C13H13FN2O2. The highest BCUT2D eigenvalue weighted by Gasteiger charge is 2.10. The van der Waals surface area contributed by atoms with Gasteiger partial charge in [0.15, 0.2) is 0 Å². The quantitative estimate of drug-likeness (QED) is 0.901. The third-order valence-corrected chi connectivity index (χ3v) is 2.40. The van der Waals surface area contributed by atoms with Gasteiger partial charge < -0.3 is 9.73 Å². The molecule has 0 fully saturated rings. The summed E-state index contributed by atoms with van der Waals surface area (Å²) in [6.45, 7) is 2.13. The minimum atomic E-state index is -0.362. The molecule has 2 rings (SSSR count). The molecule has 0 saturated heterocycles. The number of rotatable bonds is 4. The minimum absolute atomic E-state index is 0.0479. The van der Waals surface area contributed by atoms with E-state index in [1.54, 1.807) is 13.0 Å². The lowest BCUT2D eigenvalue weighted by atomic mass is 10.1. The van der Waals surface area contributed by atoms with Crippen molar-refractivity contribution < 1.29 is 13.6 Å². The van der Waals surface area contributed by atoms with Crippen LogP contribution in [0.25, 0.3) is 0 Å². The monoisotopic (exact) mass is 248 g/mol.